The Morgan fingerprint density at radius 1 is 0.789 bits per heavy atom. The molecule has 19 heavy (non-hydrogen) atoms. The standard InChI is InChI=1S/C14H10F4O/c1-14(19,8-4-2-6-10(15)12(8)17)9-5-3-7-11(16)13(9)18/h2-7,19H,1H3. The van der Waals surface area contributed by atoms with Crippen molar-refractivity contribution in [3.8, 4) is 0 Å². The lowest BCUT2D eigenvalue weighted by Gasteiger charge is -2.25. The van der Waals surface area contributed by atoms with Gasteiger partial charge in [0.15, 0.2) is 23.3 Å². The van der Waals surface area contributed by atoms with Gasteiger partial charge < -0.3 is 5.11 Å². The quantitative estimate of drug-likeness (QED) is 0.828. The summed E-state index contributed by atoms with van der Waals surface area (Å²) in [5.74, 6) is -4.93. The molecule has 0 aromatic heterocycles. The molecule has 0 aliphatic rings. The van der Waals surface area contributed by atoms with Crippen molar-refractivity contribution >= 4 is 0 Å². The van der Waals surface area contributed by atoms with Crippen LogP contribution in [0, 0.1) is 23.3 Å². The van der Waals surface area contributed by atoms with E-state index in [0.717, 1.165) is 31.2 Å². The minimum absolute atomic E-state index is 0.461. The van der Waals surface area contributed by atoms with Crippen LogP contribution in [0.3, 0.4) is 0 Å². The Morgan fingerprint density at radius 2 is 1.16 bits per heavy atom. The Morgan fingerprint density at radius 3 is 1.53 bits per heavy atom. The van der Waals surface area contributed by atoms with E-state index >= 15 is 0 Å². The molecule has 5 heteroatoms. The molecule has 0 spiro atoms. The third kappa shape index (κ3) is 2.21. The van der Waals surface area contributed by atoms with Crippen molar-refractivity contribution in [2.45, 2.75) is 12.5 Å². The summed E-state index contributed by atoms with van der Waals surface area (Å²) in [7, 11) is 0. The zero-order valence-corrected chi connectivity index (χ0v) is 9.92. The summed E-state index contributed by atoms with van der Waals surface area (Å²) < 4.78 is 53.6. The number of benzene rings is 2. The first-order valence-corrected chi connectivity index (χ1v) is 5.47. The zero-order valence-electron chi connectivity index (χ0n) is 9.92. The smallest absolute Gasteiger partial charge is 0.165 e. The van der Waals surface area contributed by atoms with Crippen LogP contribution >= 0.6 is 0 Å². The summed E-state index contributed by atoms with van der Waals surface area (Å²) >= 11 is 0. The second-order valence-corrected chi connectivity index (χ2v) is 4.27. The molecule has 1 N–H and O–H groups in total. The van der Waals surface area contributed by atoms with Crippen LogP contribution < -0.4 is 0 Å². The molecule has 100 valence electrons. The average molecular weight is 270 g/mol. The maximum atomic E-state index is 13.7. The highest BCUT2D eigenvalue weighted by atomic mass is 19.2. The lowest BCUT2D eigenvalue weighted by molar-refractivity contribution is 0.0919. The number of hydrogen-bond donors (Lipinski definition) is 1. The minimum atomic E-state index is -2.18. The summed E-state index contributed by atoms with van der Waals surface area (Å²) in [6.07, 6.45) is 0. The van der Waals surface area contributed by atoms with Crippen LogP contribution in [0.4, 0.5) is 17.6 Å². The van der Waals surface area contributed by atoms with E-state index in [0.29, 0.717) is 0 Å². The van der Waals surface area contributed by atoms with Gasteiger partial charge in [-0.1, -0.05) is 24.3 Å². The van der Waals surface area contributed by atoms with E-state index in [4.69, 9.17) is 0 Å². The van der Waals surface area contributed by atoms with Crippen LogP contribution in [-0.4, -0.2) is 5.11 Å². The molecule has 2 rings (SSSR count). The molecule has 0 radical (unpaired) electrons. The molecular formula is C14H10F4O. The fraction of sp³-hybridized carbons (Fsp3) is 0.143. The third-order valence-electron chi connectivity index (χ3n) is 2.95. The topological polar surface area (TPSA) is 20.2 Å². The Bertz CT molecular complexity index is 569. The van der Waals surface area contributed by atoms with Crippen molar-refractivity contribution in [2.24, 2.45) is 0 Å². The van der Waals surface area contributed by atoms with Gasteiger partial charge in [-0.3, -0.25) is 0 Å². The molecule has 0 amide bonds. The molecule has 1 nitrogen and oxygen atoms in total. The summed E-state index contributed by atoms with van der Waals surface area (Å²) in [4.78, 5) is 0. The van der Waals surface area contributed by atoms with Crippen molar-refractivity contribution in [2.75, 3.05) is 0 Å². The number of rotatable bonds is 2. The van der Waals surface area contributed by atoms with E-state index in [1.165, 1.54) is 12.1 Å². The third-order valence-corrected chi connectivity index (χ3v) is 2.95. The van der Waals surface area contributed by atoms with Gasteiger partial charge in [-0.2, -0.15) is 0 Å². The Labute approximate surface area is 107 Å². The van der Waals surface area contributed by atoms with E-state index in [9.17, 15) is 22.7 Å². The van der Waals surface area contributed by atoms with Crippen molar-refractivity contribution < 1.29 is 22.7 Å². The lowest BCUT2D eigenvalue weighted by atomic mass is 9.87. The first kappa shape index (κ1) is 13.5. The molecule has 0 saturated heterocycles. The Kier molecular flexibility index (Phi) is 3.32. The van der Waals surface area contributed by atoms with Crippen molar-refractivity contribution in [1.29, 1.82) is 0 Å². The second kappa shape index (κ2) is 4.66. The second-order valence-electron chi connectivity index (χ2n) is 4.27. The van der Waals surface area contributed by atoms with Gasteiger partial charge in [-0.25, -0.2) is 17.6 Å². The maximum Gasteiger partial charge on any atom is 0.165 e. The van der Waals surface area contributed by atoms with Gasteiger partial charge in [0.25, 0.3) is 0 Å². The Hall–Kier alpha value is -1.88. The highest BCUT2D eigenvalue weighted by Crippen LogP contribution is 2.33. The Balaban J connectivity index is 2.65. The number of halogens is 4. The summed E-state index contributed by atoms with van der Waals surface area (Å²) in [5, 5.41) is 10.3. The highest BCUT2D eigenvalue weighted by Gasteiger charge is 2.33. The first-order chi connectivity index (χ1) is 8.85. The summed E-state index contributed by atoms with van der Waals surface area (Å²) in [6.45, 7) is 1.07. The van der Waals surface area contributed by atoms with E-state index < -0.39 is 40.0 Å². The highest BCUT2D eigenvalue weighted by molar-refractivity contribution is 5.37. The van der Waals surface area contributed by atoms with Crippen LogP contribution in [0.15, 0.2) is 36.4 Å². The normalized spacial score (nSPS) is 11.7. The molecule has 0 aliphatic heterocycles. The fourth-order valence-corrected chi connectivity index (χ4v) is 1.90. The first-order valence-electron chi connectivity index (χ1n) is 5.47. The molecule has 0 saturated carbocycles. The minimum Gasteiger partial charge on any atom is -0.380 e. The van der Waals surface area contributed by atoms with Crippen LogP contribution in [0.1, 0.15) is 18.1 Å². The predicted molar refractivity (Wildman–Crippen MR) is 61.4 cm³/mol. The van der Waals surface area contributed by atoms with E-state index in [2.05, 4.69) is 0 Å². The average Bonchev–Trinajstić information content (AvgIpc) is 2.35. The molecule has 0 unspecified atom stereocenters. The lowest BCUT2D eigenvalue weighted by Crippen LogP contribution is -2.26. The van der Waals surface area contributed by atoms with Gasteiger partial charge in [-0.15, -0.1) is 0 Å². The van der Waals surface area contributed by atoms with Gasteiger partial charge in [0.1, 0.15) is 5.60 Å². The predicted octanol–water partition coefficient (Wildman–Crippen LogP) is 3.50. The summed E-state index contributed by atoms with van der Waals surface area (Å²) in [6, 6.07) is 6.33. The van der Waals surface area contributed by atoms with Crippen LogP contribution in [0.5, 0.6) is 0 Å². The summed E-state index contributed by atoms with van der Waals surface area (Å²) in [5.41, 5.74) is -3.10. The maximum absolute atomic E-state index is 13.7. The molecule has 0 bridgehead atoms. The molecule has 2 aromatic carbocycles. The monoisotopic (exact) mass is 270 g/mol. The molecule has 0 heterocycles. The van der Waals surface area contributed by atoms with Crippen molar-refractivity contribution in [3.63, 3.8) is 0 Å². The largest absolute Gasteiger partial charge is 0.380 e. The van der Waals surface area contributed by atoms with Crippen LogP contribution in [-0.2, 0) is 5.60 Å². The van der Waals surface area contributed by atoms with Crippen molar-refractivity contribution in [1.82, 2.24) is 0 Å². The SMILES string of the molecule is CC(O)(c1cccc(F)c1F)c1cccc(F)c1F. The van der Waals surface area contributed by atoms with E-state index in [1.807, 2.05) is 0 Å². The van der Waals surface area contributed by atoms with Gasteiger partial charge in [-0.05, 0) is 19.1 Å². The van der Waals surface area contributed by atoms with Gasteiger partial charge >= 0.3 is 0 Å². The molecule has 0 atom stereocenters. The van der Waals surface area contributed by atoms with Gasteiger partial charge in [0.2, 0.25) is 0 Å². The molecule has 0 aliphatic carbocycles. The molecule has 2 aromatic rings. The number of hydrogen-bond acceptors (Lipinski definition) is 1. The van der Waals surface area contributed by atoms with Crippen LogP contribution in [0.25, 0.3) is 0 Å². The van der Waals surface area contributed by atoms with E-state index in [-0.39, 0.29) is 0 Å². The van der Waals surface area contributed by atoms with E-state index in [1.54, 1.807) is 0 Å². The van der Waals surface area contributed by atoms with Gasteiger partial charge in [0.05, 0.1) is 0 Å². The molecule has 0 fully saturated rings. The fourth-order valence-electron chi connectivity index (χ4n) is 1.90. The van der Waals surface area contributed by atoms with Crippen LogP contribution in [0.2, 0.25) is 0 Å². The molecular weight excluding hydrogens is 260 g/mol. The van der Waals surface area contributed by atoms with Crippen molar-refractivity contribution in [3.05, 3.63) is 70.8 Å². The number of aliphatic hydroxyl groups is 1. The van der Waals surface area contributed by atoms with Gasteiger partial charge in [0, 0.05) is 11.1 Å². The zero-order chi connectivity index (χ0) is 14.2.